The Morgan fingerprint density at radius 1 is 1.69 bits per heavy atom. The van der Waals surface area contributed by atoms with Crippen LogP contribution in [-0.2, 0) is 4.79 Å². The summed E-state index contributed by atoms with van der Waals surface area (Å²) in [6, 6.07) is 0.235. The molecule has 1 amide bonds. The van der Waals surface area contributed by atoms with Gasteiger partial charge < -0.3 is 15.7 Å². The van der Waals surface area contributed by atoms with E-state index in [-0.39, 0.29) is 18.6 Å². The molecule has 0 aromatic rings. The molecule has 1 aliphatic rings. The zero-order valence-electron chi connectivity index (χ0n) is 8.26. The van der Waals surface area contributed by atoms with Crippen molar-refractivity contribution in [2.24, 2.45) is 5.41 Å². The summed E-state index contributed by atoms with van der Waals surface area (Å²) in [5.74, 6) is -0.0660. The largest absolute Gasteiger partial charge is 0.395 e. The lowest BCUT2D eigenvalue weighted by Gasteiger charge is -2.23. The Hall–Kier alpha value is -0.610. The van der Waals surface area contributed by atoms with Gasteiger partial charge in [-0.05, 0) is 26.8 Å². The van der Waals surface area contributed by atoms with E-state index in [1.54, 1.807) is 13.8 Å². The van der Waals surface area contributed by atoms with Crippen LogP contribution in [0.2, 0.25) is 0 Å². The molecule has 4 heteroatoms. The van der Waals surface area contributed by atoms with Crippen molar-refractivity contribution >= 4 is 5.91 Å². The van der Waals surface area contributed by atoms with Gasteiger partial charge in [0, 0.05) is 12.6 Å². The van der Waals surface area contributed by atoms with Crippen LogP contribution in [0.5, 0.6) is 0 Å². The molecule has 1 fully saturated rings. The summed E-state index contributed by atoms with van der Waals surface area (Å²) in [6.45, 7) is 5.17. The molecular weight excluding hydrogens is 168 g/mol. The highest BCUT2D eigenvalue weighted by Crippen LogP contribution is 2.14. The Morgan fingerprint density at radius 3 is 2.85 bits per heavy atom. The second-order valence-corrected chi connectivity index (χ2v) is 4.21. The molecule has 0 aromatic heterocycles. The van der Waals surface area contributed by atoms with Crippen LogP contribution in [0.25, 0.3) is 0 Å². The molecule has 0 spiro atoms. The minimum atomic E-state index is -0.664. The molecule has 0 aliphatic carbocycles. The summed E-state index contributed by atoms with van der Waals surface area (Å²) in [5, 5.41) is 15.0. The quantitative estimate of drug-likeness (QED) is 0.556. The number of rotatable bonds is 3. The van der Waals surface area contributed by atoms with E-state index >= 15 is 0 Å². The number of nitrogens with one attached hydrogen (secondary N) is 2. The molecule has 1 heterocycles. The third-order valence-electron chi connectivity index (χ3n) is 2.41. The van der Waals surface area contributed by atoms with Crippen molar-refractivity contribution in [1.82, 2.24) is 10.6 Å². The molecule has 13 heavy (non-hydrogen) atoms. The summed E-state index contributed by atoms with van der Waals surface area (Å²) >= 11 is 0. The normalized spacial score (nSPS) is 23.2. The summed E-state index contributed by atoms with van der Waals surface area (Å²) in [6.07, 6.45) is 0.979. The highest BCUT2D eigenvalue weighted by molar-refractivity contribution is 5.82. The third kappa shape index (κ3) is 2.67. The average molecular weight is 186 g/mol. The molecule has 0 radical (unpaired) electrons. The van der Waals surface area contributed by atoms with Crippen LogP contribution < -0.4 is 10.6 Å². The summed E-state index contributed by atoms with van der Waals surface area (Å²) in [7, 11) is 0. The van der Waals surface area contributed by atoms with Crippen molar-refractivity contribution in [3.63, 3.8) is 0 Å². The fourth-order valence-electron chi connectivity index (χ4n) is 1.23. The van der Waals surface area contributed by atoms with Crippen LogP contribution in [0.1, 0.15) is 20.3 Å². The van der Waals surface area contributed by atoms with Gasteiger partial charge in [0.2, 0.25) is 5.91 Å². The van der Waals surface area contributed by atoms with E-state index < -0.39 is 5.41 Å². The molecule has 0 saturated carbocycles. The Labute approximate surface area is 78.7 Å². The Morgan fingerprint density at radius 2 is 2.38 bits per heavy atom. The zero-order valence-corrected chi connectivity index (χ0v) is 8.26. The minimum absolute atomic E-state index is 0.0660. The van der Waals surface area contributed by atoms with Crippen molar-refractivity contribution in [2.75, 3.05) is 19.7 Å². The summed E-state index contributed by atoms with van der Waals surface area (Å²) in [5.41, 5.74) is -0.664. The van der Waals surface area contributed by atoms with E-state index in [2.05, 4.69) is 10.6 Å². The Bertz CT molecular complexity index is 186. The molecule has 3 N–H and O–H groups in total. The molecule has 76 valence electrons. The number of aliphatic hydroxyl groups is 1. The smallest absolute Gasteiger partial charge is 0.228 e. The maximum atomic E-state index is 11.6. The van der Waals surface area contributed by atoms with Crippen LogP contribution in [0, 0.1) is 5.41 Å². The van der Waals surface area contributed by atoms with E-state index in [0.717, 1.165) is 19.5 Å². The lowest BCUT2D eigenvalue weighted by atomic mass is 9.93. The van der Waals surface area contributed by atoms with Crippen LogP contribution in [-0.4, -0.2) is 36.8 Å². The molecule has 1 atom stereocenters. The molecule has 4 nitrogen and oxygen atoms in total. The number of hydrogen-bond donors (Lipinski definition) is 3. The number of amides is 1. The maximum absolute atomic E-state index is 11.6. The Balaban J connectivity index is 2.39. The first-order valence-electron chi connectivity index (χ1n) is 4.69. The summed E-state index contributed by atoms with van der Waals surface area (Å²) in [4.78, 5) is 11.6. The second kappa shape index (κ2) is 4.07. The topological polar surface area (TPSA) is 61.4 Å². The van der Waals surface area contributed by atoms with Gasteiger partial charge in [-0.1, -0.05) is 0 Å². The lowest BCUT2D eigenvalue weighted by molar-refractivity contribution is -0.131. The van der Waals surface area contributed by atoms with Crippen molar-refractivity contribution in [3.8, 4) is 0 Å². The van der Waals surface area contributed by atoms with Crippen LogP contribution in [0.15, 0.2) is 0 Å². The molecular formula is C9H18N2O2. The van der Waals surface area contributed by atoms with Crippen LogP contribution in [0.4, 0.5) is 0 Å². The fraction of sp³-hybridized carbons (Fsp3) is 0.889. The standard InChI is InChI=1S/C9H18N2O2/c1-9(2,6-12)8(13)11-7-3-4-10-5-7/h7,10,12H,3-6H2,1-2H3,(H,11,13). The van der Waals surface area contributed by atoms with Gasteiger partial charge in [-0.25, -0.2) is 0 Å². The average Bonchev–Trinajstić information content (AvgIpc) is 2.57. The van der Waals surface area contributed by atoms with Gasteiger partial charge in [0.25, 0.3) is 0 Å². The molecule has 1 aliphatic heterocycles. The predicted octanol–water partition coefficient (Wildman–Crippen LogP) is -0.517. The molecule has 1 unspecified atom stereocenters. The van der Waals surface area contributed by atoms with Gasteiger partial charge in [-0.3, -0.25) is 4.79 Å². The third-order valence-corrected chi connectivity index (χ3v) is 2.41. The van der Waals surface area contributed by atoms with Crippen molar-refractivity contribution in [3.05, 3.63) is 0 Å². The highest BCUT2D eigenvalue weighted by atomic mass is 16.3. The van der Waals surface area contributed by atoms with Crippen molar-refractivity contribution < 1.29 is 9.90 Å². The number of aliphatic hydroxyl groups excluding tert-OH is 1. The first-order valence-corrected chi connectivity index (χ1v) is 4.69. The molecule has 1 rings (SSSR count). The van der Waals surface area contributed by atoms with E-state index in [9.17, 15) is 4.79 Å². The number of carbonyl (C=O) groups is 1. The lowest BCUT2D eigenvalue weighted by Crippen LogP contribution is -2.45. The van der Waals surface area contributed by atoms with Crippen molar-refractivity contribution in [1.29, 1.82) is 0 Å². The molecule has 0 aromatic carbocycles. The van der Waals surface area contributed by atoms with E-state index in [4.69, 9.17) is 5.11 Å². The SMILES string of the molecule is CC(C)(CO)C(=O)NC1CCNC1. The van der Waals surface area contributed by atoms with Gasteiger partial charge >= 0.3 is 0 Å². The van der Waals surface area contributed by atoms with E-state index in [1.165, 1.54) is 0 Å². The predicted molar refractivity (Wildman–Crippen MR) is 50.3 cm³/mol. The number of hydrogen-bond acceptors (Lipinski definition) is 3. The Kier molecular flexibility index (Phi) is 3.27. The van der Waals surface area contributed by atoms with E-state index in [1.807, 2.05) is 0 Å². The van der Waals surface area contributed by atoms with Crippen LogP contribution in [0.3, 0.4) is 0 Å². The van der Waals surface area contributed by atoms with Gasteiger partial charge in [0.15, 0.2) is 0 Å². The van der Waals surface area contributed by atoms with Gasteiger partial charge in [-0.15, -0.1) is 0 Å². The maximum Gasteiger partial charge on any atom is 0.228 e. The highest BCUT2D eigenvalue weighted by Gasteiger charge is 2.29. The van der Waals surface area contributed by atoms with Crippen molar-refractivity contribution in [2.45, 2.75) is 26.3 Å². The van der Waals surface area contributed by atoms with Gasteiger partial charge in [-0.2, -0.15) is 0 Å². The monoisotopic (exact) mass is 186 g/mol. The zero-order chi connectivity index (χ0) is 9.90. The minimum Gasteiger partial charge on any atom is -0.395 e. The van der Waals surface area contributed by atoms with Gasteiger partial charge in [0.05, 0.1) is 12.0 Å². The first-order chi connectivity index (χ1) is 6.06. The number of carbonyl (C=O) groups excluding carboxylic acids is 1. The van der Waals surface area contributed by atoms with Crippen LogP contribution >= 0.6 is 0 Å². The summed E-state index contributed by atoms with van der Waals surface area (Å²) < 4.78 is 0. The molecule has 1 saturated heterocycles. The van der Waals surface area contributed by atoms with Gasteiger partial charge in [0.1, 0.15) is 0 Å². The second-order valence-electron chi connectivity index (χ2n) is 4.21. The first kappa shape index (κ1) is 10.5. The van der Waals surface area contributed by atoms with E-state index in [0.29, 0.717) is 0 Å². The fourth-order valence-corrected chi connectivity index (χ4v) is 1.23. The molecule has 0 bridgehead atoms.